The van der Waals surface area contributed by atoms with Gasteiger partial charge in [-0.2, -0.15) is 9.61 Å². The van der Waals surface area contributed by atoms with E-state index >= 15 is 0 Å². The van der Waals surface area contributed by atoms with Gasteiger partial charge in [0.2, 0.25) is 4.96 Å². The SMILES string of the molecule is CC(C)(C)c1ccc(-c2nc3scnn3c2C=O)cc1. The highest BCUT2D eigenvalue weighted by molar-refractivity contribution is 7.14. The largest absolute Gasteiger partial charge is 0.296 e. The van der Waals surface area contributed by atoms with Crippen LogP contribution < -0.4 is 0 Å². The predicted molar refractivity (Wildman–Crippen MR) is 80.4 cm³/mol. The summed E-state index contributed by atoms with van der Waals surface area (Å²) in [5.74, 6) is 0. The molecule has 1 aromatic carbocycles. The Hall–Kier alpha value is -2.01. The molecule has 3 aromatic rings. The number of aldehydes is 1. The molecule has 0 bridgehead atoms. The second-order valence-electron chi connectivity index (χ2n) is 5.72. The van der Waals surface area contributed by atoms with E-state index < -0.39 is 0 Å². The van der Waals surface area contributed by atoms with Gasteiger partial charge in [0.25, 0.3) is 0 Å². The van der Waals surface area contributed by atoms with Crippen LogP contribution in [0.2, 0.25) is 0 Å². The maximum absolute atomic E-state index is 11.3. The average Bonchev–Trinajstić information content (AvgIpc) is 2.97. The Morgan fingerprint density at radius 2 is 1.90 bits per heavy atom. The molecule has 20 heavy (non-hydrogen) atoms. The summed E-state index contributed by atoms with van der Waals surface area (Å²) in [4.78, 5) is 16.5. The van der Waals surface area contributed by atoms with E-state index in [1.165, 1.54) is 16.9 Å². The molecule has 0 aliphatic carbocycles. The Bertz CT molecular complexity index is 763. The van der Waals surface area contributed by atoms with Gasteiger partial charge in [-0.25, -0.2) is 4.98 Å². The Kier molecular flexibility index (Phi) is 2.94. The van der Waals surface area contributed by atoms with Gasteiger partial charge in [0.1, 0.15) is 16.9 Å². The lowest BCUT2D eigenvalue weighted by atomic mass is 9.86. The van der Waals surface area contributed by atoms with Gasteiger partial charge in [0.05, 0.1) is 0 Å². The van der Waals surface area contributed by atoms with E-state index in [9.17, 15) is 4.79 Å². The molecule has 0 atom stereocenters. The molecule has 102 valence electrons. The smallest absolute Gasteiger partial charge is 0.213 e. The zero-order valence-corrected chi connectivity index (χ0v) is 12.4. The molecule has 4 nitrogen and oxygen atoms in total. The van der Waals surface area contributed by atoms with E-state index in [2.05, 4.69) is 43.0 Å². The van der Waals surface area contributed by atoms with E-state index in [4.69, 9.17) is 0 Å². The van der Waals surface area contributed by atoms with Crippen LogP contribution in [0.15, 0.2) is 29.8 Å². The normalized spacial score (nSPS) is 11.9. The molecule has 0 radical (unpaired) electrons. The summed E-state index contributed by atoms with van der Waals surface area (Å²) in [6.45, 7) is 6.53. The molecule has 0 fully saturated rings. The van der Waals surface area contributed by atoms with Gasteiger partial charge in [0, 0.05) is 5.56 Å². The van der Waals surface area contributed by atoms with E-state index in [0.717, 1.165) is 16.8 Å². The van der Waals surface area contributed by atoms with Crippen LogP contribution >= 0.6 is 11.3 Å². The molecule has 0 unspecified atom stereocenters. The van der Waals surface area contributed by atoms with Crippen molar-refractivity contribution in [1.82, 2.24) is 14.6 Å². The predicted octanol–water partition coefficient (Wildman–Crippen LogP) is 3.57. The van der Waals surface area contributed by atoms with Crippen LogP contribution in [-0.4, -0.2) is 20.9 Å². The first-order chi connectivity index (χ1) is 9.50. The molecule has 0 saturated carbocycles. The maximum Gasteiger partial charge on any atom is 0.213 e. The van der Waals surface area contributed by atoms with Crippen molar-refractivity contribution >= 4 is 22.6 Å². The van der Waals surface area contributed by atoms with Crippen molar-refractivity contribution in [3.63, 3.8) is 0 Å². The molecule has 2 aromatic heterocycles. The molecule has 2 heterocycles. The highest BCUT2D eigenvalue weighted by Gasteiger charge is 2.17. The number of hydrogen-bond donors (Lipinski definition) is 0. The van der Waals surface area contributed by atoms with Crippen LogP contribution in [0.3, 0.4) is 0 Å². The zero-order chi connectivity index (χ0) is 14.3. The van der Waals surface area contributed by atoms with Gasteiger partial charge in [-0.05, 0) is 11.0 Å². The molecule has 0 amide bonds. The highest BCUT2D eigenvalue weighted by atomic mass is 32.1. The summed E-state index contributed by atoms with van der Waals surface area (Å²) < 4.78 is 1.59. The van der Waals surface area contributed by atoms with Crippen LogP contribution in [0.1, 0.15) is 36.8 Å². The topological polar surface area (TPSA) is 47.3 Å². The fraction of sp³-hybridized carbons (Fsp3) is 0.267. The van der Waals surface area contributed by atoms with E-state index in [-0.39, 0.29) is 5.41 Å². The van der Waals surface area contributed by atoms with Crippen molar-refractivity contribution in [1.29, 1.82) is 0 Å². The summed E-state index contributed by atoms with van der Waals surface area (Å²) in [6.07, 6.45) is 0.812. The molecule has 0 saturated heterocycles. The molecule has 0 N–H and O–H groups in total. The summed E-state index contributed by atoms with van der Waals surface area (Å²) in [7, 11) is 0. The summed E-state index contributed by atoms with van der Waals surface area (Å²) in [5, 5.41) is 4.13. The molecule has 0 aliphatic rings. The molecular formula is C15H15N3OS. The van der Waals surface area contributed by atoms with Crippen molar-refractivity contribution in [2.75, 3.05) is 0 Å². The lowest BCUT2D eigenvalue weighted by molar-refractivity contribution is 0.111. The average molecular weight is 285 g/mol. The first-order valence-corrected chi connectivity index (χ1v) is 7.27. The van der Waals surface area contributed by atoms with E-state index in [1.807, 2.05) is 12.1 Å². The van der Waals surface area contributed by atoms with Crippen LogP contribution in [0.25, 0.3) is 16.2 Å². The van der Waals surface area contributed by atoms with Crippen LogP contribution in [-0.2, 0) is 5.41 Å². The molecule has 0 spiro atoms. The van der Waals surface area contributed by atoms with E-state index in [0.29, 0.717) is 11.4 Å². The minimum absolute atomic E-state index is 0.113. The van der Waals surface area contributed by atoms with E-state index in [1.54, 1.807) is 10.0 Å². The first kappa shape index (κ1) is 13.0. The number of nitrogens with zero attached hydrogens (tertiary/aromatic N) is 3. The number of carbonyl (C=O) groups is 1. The van der Waals surface area contributed by atoms with Gasteiger partial charge in [0.15, 0.2) is 6.29 Å². The number of benzene rings is 1. The van der Waals surface area contributed by atoms with Gasteiger partial charge >= 0.3 is 0 Å². The Morgan fingerprint density at radius 3 is 2.50 bits per heavy atom. The number of hydrogen-bond acceptors (Lipinski definition) is 4. The van der Waals surface area contributed by atoms with Crippen molar-refractivity contribution in [2.45, 2.75) is 26.2 Å². The fourth-order valence-corrected chi connectivity index (χ4v) is 2.78. The quantitative estimate of drug-likeness (QED) is 0.676. The number of carbonyl (C=O) groups excluding carboxylic acids is 1. The van der Waals surface area contributed by atoms with Gasteiger partial charge in [-0.1, -0.05) is 56.4 Å². The summed E-state index contributed by atoms with van der Waals surface area (Å²) in [5.41, 5.74) is 5.19. The third kappa shape index (κ3) is 2.04. The lowest BCUT2D eigenvalue weighted by Gasteiger charge is -2.18. The monoisotopic (exact) mass is 285 g/mol. The third-order valence-corrected chi connectivity index (χ3v) is 3.99. The Labute approximate surface area is 121 Å². The van der Waals surface area contributed by atoms with Crippen LogP contribution in [0.5, 0.6) is 0 Å². The lowest BCUT2D eigenvalue weighted by Crippen LogP contribution is -2.10. The van der Waals surface area contributed by atoms with Gasteiger partial charge in [-0.3, -0.25) is 4.79 Å². The second-order valence-corrected chi connectivity index (χ2v) is 6.54. The Balaban J connectivity index is 2.11. The molecule has 0 aliphatic heterocycles. The van der Waals surface area contributed by atoms with Gasteiger partial charge in [-0.15, -0.1) is 0 Å². The number of fused-ring (bicyclic) bond motifs is 1. The third-order valence-electron chi connectivity index (χ3n) is 3.32. The maximum atomic E-state index is 11.3. The summed E-state index contributed by atoms with van der Waals surface area (Å²) in [6, 6.07) is 8.20. The first-order valence-electron chi connectivity index (χ1n) is 6.39. The van der Waals surface area contributed by atoms with Crippen molar-refractivity contribution < 1.29 is 4.79 Å². The minimum Gasteiger partial charge on any atom is -0.296 e. The van der Waals surface area contributed by atoms with Crippen molar-refractivity contribution in [3.05, 3.63) is 41.0 Å². The molecular weight excluding hydrogens is 270 g/mol. The van der Waals surface area contributed by atoms with Crippen LogP contribution in [0.4, 0.5) is 0 Å². The standard InChI is InChI=1S/C15H15N3OS/c1-15(2,3)11-6-4-10(5-7-11)13-12(8-19)18-14(17-13)20-9-16-18/h4-9H,1-3H3. The zero-order valence-electron chi connectivity index (χ0n) is 11.6. The van der Waals surface area contributed by atoms with Crippen molar-refractivity contribution in [2.24, 2.45) is 0 Å². The highest BCUT2D eigenvalue weighted by Crippen LogP contribution is 2.28. The second kappa shape index (κ2) is 4.52. The van der Waals surface area contributed by atoms with Crippen molar-refractivity contribution in [3.8, 4) is 11.3 Å². The number of aromatic nitrogens is 3. The molecule has 3 rings (SSSR count). The van der Waals surface area contributed by atoms with Crippen LogP contribution in [0, 0.1) is 0 Å². The Morgan fingerprint density at radius 1 is 1.20 bits per heavy atom. The number of rotatable bonds is 2. The van der Waals surface area contributed by atoms with Gasteiger partial charge < -0.3 is 0 Å². The molecule has 5 heteroatoms. The number of imidazole rings is 1. The summed E-state index contributed by atoms with van der Waals surface area (Å²) >= 11 is 1.42. The minimum atomic E-state index is 0.113. The fourth-order valence-electron chi connectivity index (χ4n) is 2.16.